The van der Waals surface area contributed by atoms with Gasteiger partial charge in [0.05, 0.1) is 17.5 Å². The molecule has 5 nitrogen and oxygen atoms in total. The first kappa shape index (κ1) is 14.4. The Morgan fingerprint density at radius 1 is 1.27 bits per heavy atom. The Kier molecular flexibility index (Phi) is 4.25. The second-order valence-corrected chi connectivity index (χ2v) is 5.34. The summed E-state index contributed by atoms with van der Waals surface area (Å²) in [6.45, 7) is 0.109. The highest BCUT2D eigenvalue weighted by Crippen LogP contribution is 2.19. The van der Waals surface area contributed by atoms with E-state index >= 15 is 0 Å². The van der Waals surface area contributed by atoms with E-state index < -0.39 is 0 Å². The molecule has 3 rings (SSSR count). The van der Waals surface area contributed by atoms with Gasteiger partial charge in [-0.05, 0) is 12.5 Å². The number of carbonyl (C=O) groups excluding carboxylic acids is 1. The summed E-state index contributed by atoms with van der Waals surface area (Å²) < 4.78 is 0. The van der Waals surface area contributed by atoms with Crippen molar-refractivity contribution < 1.29 is 9.90 Å². The van der Waals surface area contributed by atoms with Gasteiger partial charge in [-0.3, -0.25) is 4.79 Å². The average Bonchev–Trinajstić information content (AvgIpc) is 3.03. The lowest BCUT2D eigenvalue weighted by Gasteiger charge is -2.12. The Bertz CT molecular complexity index is 685. The van der Waals surface area contributed by atoms with Crippen LogP contribution >= 0.6 is 0 Å². The first-order valence-corrected chi connectivity index (χ1v) is 7.24. The SMILES string of the molecule is O=C(N[C@@H]1C=C[C@H](CO)C1)c1cnnc(-c2ccccc2)c1. The minimum Gasteiger partial charge on any atom is -0.396 e. The maximum absolute atomic E-state index is 12.3. The molecule has 0 fully saturated rings. The van der Waals surface area contributed by atoms with Gasteiger partial charge in [-0.25, -0.2) is 0 Å². The normalized spacial score (nSPS) is 20.0. The van der Waals surface area contributed by atoms with Crippen LogP contribution in [0.3, 0.4) is 0 Å². The second-order valence-electron chi connectivity index (χ2n) is 5.34. The van der Waals surface area contributed by atoms with Crippen LogP contribution in [0.1, 0.15) is 16.8 Å². The Morgan fingerprint density at radius 3 is 2.82 bits per heavy atom. The number of nitrogens with one attached hydrogen (secondary N) is 1. The van der Waals surface area contributed by atoms with Crippen LogP contribution in [0.25, 0.3) is 11.3 Å². The third kappa shape index (κ3) is 3.20. The molecular formula is C17H17N3O2. The van der Waals surface area contributed by atoms with Crippen molar-refractivity contribution in [2.24, 2.45) is 5.92 Å². The number of rotatable bonds is 4. The quantitative estimate of drug-likeness (QED) is 0.844. The average molecular weight is 295 g/mol. The topological polar surface area (TPSA) is 75.1 Å². The molecule has 2 aromatic rings. The maximum atomic E-state index is 12.3. The molecule has 0 saturated heterocycles. The molecule has 0 bridgehead atoms. The maximum Gasteiger partial charge on any atom is 0.253 e. The van der Waals surface area contributed by atoms with Crippen molar-refractivity contribution in [3.63, 3.8) is 0 Å². The molecule has 5 heteroatoms. The molecule has 0 unspecified atom stereocenters. The lowest BCUT2D eigenvalue weighted by atomic mass is 10.1. The molecule has 0 aliphatic heterocycles. The lowest BCUT2D eigenvalue weighted by Crippen LogP contribution is -2.33. The molecule has 0 radical (unpaired) electrons. The molecule has 1 amide bonds. The molecule has 2 atom stereocenters. The Labute approximate surface area is 128 Å². The zero-order valence-electron chi connectivity index (χ0n) is 12.0. The number of aliphatic hydroxyl groups excluding tert-OH is 1. The molecular weight excluding hydrogens is 278 g/mol. The molecule has 112 valence electrons. The number of hydrogen-bond acceptors (Lipinski definition) is 4. The Morgan fingerprint density at radius 2 is 2.09 bits per heavy atom. The van der Waals surface area contributed by atoms with Gasteiger partial charge in [-0.1, -0.05) is 42.5 Å². The third-order valence-electron chi connectivity index (χ3n) is 3.71. The fraction of sp³-hybridized carbons (Fsp3) is 0.235. The van der Waals surface area contributed by atoms with E-state index in [-0.39, 0.29) is 24.5 Å². The molecule has 1 heterocycles. The van der Waals surface area contributed by atoms with Gasteiger partial charge in [-0.2, -0.15) is 10.2 Å². The van der Waals surface area contributed by atoms with E-state index in [0.29, 0.717) is 11.3 Å². The first-order valence-electron chi connectivity index (χ1n) is 7.24. The molecule has 0 saturated carbocycles. The van der Waals surface area contributed by atoms with E-state index in [1.54, 1.807) is 6.07 Å². The number of benzene rings is 1. The molecule has 2 N–H and O–H groups in total. The van der Waals surface area contributed by atoms with Crippen molar-refractivity contribution in [1.29, 1.82) is 0 Å². The largest absolute Gasteiger partial charge is 0.396 e. The summed E-state index contributed by atoms with van der Waals surface area (Å²) in [6, 6.07) is 11.3. The lowest BCUT2D eigenvalue weighted by molar-refractivity contribution is 0.0940. The smallest absolute Gasteiger partial charge is 0.253 e. The molecule has 22 heavy (non-hydrogen) atoms. The number of amides is 1. The summed E-state index contributed by atoms with van der Waals surface area (Å²) in [5.74, 6) is -0.0546. The minimum absolute atomic E-state index is 0.0435. The predicted molar refractivity (Wildman–Crippen MR) is 83.1 cm³/mol. The van der Waals surface area contributed by atoms with Crippen molar-refractivity contribution in [2.75, 3.05) is 6.61 Å². The fourth-order valence-electron chi connectivity index (χ4n) is 2.51. The summed E-state index contributed by atoms with van der Waals surface area (Å²) >= 11 is 0. The first-order chi connectivity index (χ1) is 10.8. The summed E-state index contributed by atoms with van der Waals surface area (Å²) in [6.07, 6.45) is 6.05. The van der Waals surface area contributed by atoms with E-state index in [4.69, 9.17) is 5.11 Å². The van der Waals surface area contributed by atoms with Crippen LogP contribution in [0.2, 0.25) is 0 Å². The summed E-state index contributed by atoms with van der Waals surface area (Å²) in [5.41, 5.74) is 2.07. The van der Waals surface area contributed by atoms with Gasteiger partial charge in [0.2, 0.25) is 0 Å². The van der Waals surface area contributed by atoms with Gasteiger partial charge < -0.3 is 10.4 Å². The molecule has 1 aliphatic rings. The number of aromatic nitrogens is 2. The fourth-order valence-corrected chi connectivity index (χ4v) is 2.51. The molecule has 0 spiro atoms. The predicted octanol–water partition coefficient (Wildman–Crippen LogP) is 1.81. The van der Waals surface area contributed by atoms with Crippen molar-refractivity contribution >= 4 is 5.91 Å². The number of nitrogens with zero attached hydrogens (tertiary/aromatic N) is 2. The number of hydrogen-bond donors (Lipinski definition) is 2. The van der Waals surface area contributed by atoms with Crippen LogP contribution in [0.5, 0.6) is 0 Å². The third-order valence-corrected chi connectivity index (χ3v) is 3.71. The van der Waals surface area contributed by atoms with Crippen LogP contribution in [0.4, 0.5) is 0 Å². The van der Waals surface area contributed by atoms with E-state index in [1.807, 2.05) is 42.5 Å². The van der Waals surface area contributed by atoms with Gasteiger partial charge in [0.15, 0.2) is 0 Å². The van der Waals surface area contributed by atoms with Crippen molar-refractivity contribution in [3.8, 4) is 11.3 Å². The van der Waals surface area contributed by atoms with E-state index in [9.17, 15) is 4.79 Å². The van der Waals surface area contributed by atoms with Crippen molar-refractivity contribution in [1.82, 2.24) is 15.5 Å². The molecule has 1 aliphatic carbocycles. The van der Waals surface area contributed by atoms with Gasteiger partial charge >= 0.3 is 0 Å². The highest BCUT2D eigenvalue weighted by molar-refractivity contribution is 5.95. The van der Waals surface area contributed by atoms with Gasteiger partial charge in [0.25, 0.3) is 5.91 Å². The van der Waals surface area contributed by atoms with E-state index in [2.05, 4.69) is 15.5 Å². The van der Waals surface area contributed by atoms with E-state index in [0.717, 1.165) is 12.0 Å². The number of aliphatic hydroxyl groups is 1. The number of carbonyl (C=O) groups is 1. The highest BCUT2D eigenvalue weighted by atomic mass is 16.3. The van der Waals surface area contributed by atoms with Crippen LogP contribution in [0.15, 0.2) is 54.7 Å². The van der Waals surface area contributed by atoms with Crippen molar-refractivity contribution in [3.05, 3.63) is 60.3 Å². The summed E-state index contributed by atoms with van der Waals surface area (Å²) in [7, 11) is 0. The summed E-state index contributed by atoms with van der Waals surface area (Å²) in [4.78, 5) is 12.3. The molecule has 1 aromatic heterocycles. The zero-order chi connectivity index (χ0) is 15.4. The van der Waals surface area contributed by atoms with Crippen molar-refractivity contribution in [2.45, 2.75) is 12.5 Å². The Hall–Kier alpha value is -2.53. The zero-order valence-corrected chi connectivity index (χ0v) is 12.0. The standard InChI is InChI=1S/C17H17N3O2/c21-11-12-6-7-15(8-12)19-17(22)14-9-16(20-18-10-14)13-4-2-1-3-5-13/h1-7,9-10,12,15,21H,8,11H2,(H,19,22)/t12-,15+/m0/s1. The van der Waals surface area contributed by atoms with Gasteiger partial charge in [-0.15, -0.1) is 0 Å². The van der Waals surface area contributed by atoms with Gasteiger partial charge in [0, 0.05) is 24.1 Å². The van der Waals surface area contributed by atoms with Crippen LogP contribution < -0.4 is 5.32 Å². The van der Waals surface area contributed by atoms with Crippen LogP contribution in [-0.2, 0) is 0 Å². The monoisotopic (exact) mass is 295 g/mol. The van der Waals surface area contributed by atoms with Crippen LogP contribution in [-0.4, -0.2) is 33.9 Å². The minimum atomic E-state index is -0.180. The molecule has 1 aromatic carbocycles. The van der Waals surface area contributed by atoms with E-state index in [1.165, 1.54) is 6.20 Å². The Balaban J connectivity index is 1.72. The highest BCUT2D eigenvalue weighted by Gasteiger charge is 2.20. The van der Waals surface area contributed by atoms with Gasteiger partial charge in [0.1, 0.15) is 0 Å². The summed E-state index contributed by atoms with van der Waals surface area (Å²) in [5, 5.41) is 20.0. The second kappa shape index (κ2) is 6.49. The van der Waals surface area contributed by atoms with Crippen LogP contribution in [0, 0.1) is 5.92 Å².